The lowest BCUT2D eigenvalue weighted by Crippen LogP contribution is -1.89. The van der Waals surface area contributed by atoms with Crippen molar-refractivity contribution in [1.82, 2.24) is 0 Å². The summed E-state index contributed by atoms with van der Waals surface area (Å²) in [6, 6.07) is 81.6. The van der Waals surface area contributed by atoms with Gasteiger partial charge in [-0.25, -0.2) is 0 Å². The van der Waals surface area contributed by atoms with E-state index >= 15 is 0 Å². The Hall–Kier alpha value is -8.06. The first-order valence-electron chi connectivity index (χ1n) is 21.7. The van der Waals surface area contributed by atoms with Crippen LogP contribution in [0.15, 0.2) is 218 Å². The molecule has 0 nitrogen and oxygen atoms in total. The van der Waals surface area contributed by atoms with Crippen LogP contribution in [0.1, 0.15) is 0 Å². The molecule has 284 valence electrons. The quantitative estimate of drug-likeness (QED) is 0.156. The summed E-state index contributed by atoms with van der Waals surface area (Å²) >= 11 is 0. The summed E-state index contributed by atoms with van der Waals surface area (Å²) in [7, 11) is 0. The molecule has 0 unspecified atom stereocenters. The number of fused-ring (bicyclic) bond motifs is 11. The third kappa shape index (κ3) is 4.45. The maximum absolute atomic E-state index is 2.56. The van der Waals surface area contributed by atoms with Crippen LogP contribution in [0.4, 0.5) is 0 Å². The van der Waals surface area contributed by atoms with Gasteiger partial charge in [-0.05, 0) is 154 Å². The minimum absolute atomic E-state index is 1.24. The Morgan fingerprint density at radius 1 is 0.145 bits per heavy atom. The van der Waals surface area contributed by atoms with E-state index in [1.165, 1.54) is 141 Å². The van der Waals surface area contributed by atoms with E-state index in [9.17, 15) is 0 Å². The fraction of sp³-hybridized carbons (Fsp3) is 0. The van der Waals surface area contributed by atoms with Gasteiger partial charge in [0.15, 0.2) is 0 Å². The Bertz CT molecular complexity index is 3820. The van der Waals surface area contributed by atoms with E-state index in [2.05, 4.69) is 218 Å². The molecule has 0 aliphatic heterocycles. The molecule has 0 N–H and O–H groups in total. The van der Waals surface area contributed by atoms with Crippen molar-refractivity contribution in [2.45, 2.75) is 0 Å². The highest BCUT2D eigenvalue weighted by atomic mass is 14.3. The van der Waals surface area contributed by atoms with Crippen LogP contribution in [0.3, 0.4) is 0 Å². The molecule has 0 saturated heterocycles. The molecule has 14 aromatic carbocycles. The molecule has 0 aliphatic carbocycles. The molecule has 0 saturated carbocycles. The number of hydrogen-bond acceptors (Lipinski definition) is 0. The molecule has 0 aliphatic rings. The van der Waals surface area contributed by atoms with Crippen molar-refractivity contribution in [1.29, 1.82) is 0 Å². The molecular weight excluding hydrogens is 745 g/mol. The van der Waals surface area contributed by atoms with Crippen LogP contribution in [0.5, 0.6) is 0 Å². The molecule has 62 heavy (non-hydrogen) atoms. The molecule has 14 rings (SSSR count). The van der Waals surface area contributed by atoms with Gasteiger partial charge in [-0.3, -0.25) is 0 Å². The molecule has 0 amide bonds. The third-order valence-electron chi connectivity index (χ3n) is 13.9. The molecule has 0 spiro atoms. The average Bonchev–Trinajstić information content (AvgIpc) is 3.84. The zero-order chi connectivity index (χ0) is 40.5. The summed E-state index contributed by atoms with van der Waals surface area (Å²) in [5, 5.41) is 23.6. The molecule has 0 fully saturated rings. The molecule has 0 heterocycles. The van der Waals surface area contributed by atoms with Crippen LogP contribution >= 0.6 is 0 Å². The summed E-state index contributed by atoms with van der Waals surface area (Å²) < 4.78 is 0. The van der Waals surface area contributed by atoms with E-state index < -0.39 is 0 Å². The van der Waals surface area contributed by atoms with Crippen LogP contribution in [-0.4, -0.2) is 0 Å². The molecule has 0 atom stereocenters. The highest BCUT2D eigenvalue weighted by Gasteiger charge is 2.27. The van der Waals surface area contributed by atoms with Crippen molar-refractivity contribution in [3.8, 4) is 44.5 Å². The highest BCUT2D eigenvalue weighted by molar-refractivity contribution is 6.47. The topological polar surface area (TPSA) is 0 Å². The fourth-order valence-corrected chi connectivity index (χ4v) is 11.6. The van der Waals surface area contributed by atoms with E-state index in [1.54, 1.807) is 0 Å². The van der Waals surface area contributed by atoms with Gasteiger partial charge in [-0.2, -0.15) is 0 Å². The van der Waals surface area contributed by atoms with Gasteiger partial charge < -0.3 is 0 Å². The van der Waals surface area contributed by atoms with E-state index in [0.717, 1.165) is 0 Å². The Morgan fingerprint density at radius 3 is 0.694 bits per heavy atom. The predicted octanol–water partition coefficient (Wildman–Crippen LogP) is 17.6. The molecule has 0 aromatic heterocycles. The summed E-state index contributed by atoms with van der Waals surface area (Å²) in [5.74, 6) is 0. The second-order valence-corrected chi connectivity index (χ2v) is 17.0. The number of benzene rings is 12. The smallest absolute Gasteiger partial charge is 0.000719 e. The van der Waals surface area contributed by atoms with Crippen molar-refractivity contribution in [3.05, 3.63) is 218 Å². The third-order valence-corrected chi connectivity index (χ3v) is 13.9. The monoisotopic (exact) mass is 780 g/mol. The zero-order valence-electron chi connectivity index (χ0n) is 33.8. The van der Waals surface area contributed by atoms with E-state index in [0.29, 0.717) is 0 Å². The largest absolute Gasteiger partial charge is 0.0622 e. The van der Waals surface area contributed by atoms with Crippen molar-refractivity contribution in [2.24, 2.45) is 0 Å². The Morgan fingerprint density at radius 2 is 0.387 bits per heavy atom. The van der Waals surface area contributed by atoms with Gasteiger partial charge >= 0.3 is 0 Å². The Labute approximate surface area is 358 Å². The van der Waals surface area contributed by atoms with Crippen molar-refractivity contribution >= 4 is 97.0 Å². The van der Waals surface area contributed by atoms with E-state index in [4.69, 9.17) is 0 Å². The maximum atomic E-state index is 2.56. The number of rotatable bonds is 4. The van der Waals surface area contributed by atoms with Gasteiger partial charge in [0, 0.05) is 0 Å². The summed E-state index contributed by atoms with van der Waals surface area (Å²) in [5.41, 5.74) is 10.2. The zero-order valence-corrected chi connectivity index (χ0v) is 33.8. The lowest BCUT2D eigenvalue weighted by atomic mass is 9.86. The van der Waals surface area contributed by atoms with Gasteiger partial charge in [-0.15, -0.1) is 0 Å². The Balaban J connectivity index is 1.24. The number of hydrogen-bond donors (Lipinski definition) is 0. The Kier molecular flexibility index (Phi) is 6.92. The molecule has 0 heteroatoms. The van der Waals surface area contributed by atoms with E-state index in [-0.39, 0.29) is 0 Å². The van der Waals surface area contributed by atoms with Crippen molar-refractivity contribution in [3.63, 3.8) is 0 Å². The first-order valence-corrected chi connectivity index (χ1v) is 21.7. The first-order chi connectivity index (χ1) is 30.8. The summed E-state index contributed by atoms with van der Waals surface area (Å²) in [6.07, 6.45) is 0. The molecular formula is C62H36. The highest BCUT2D eigenvalue weighted by Crippen LogP contribution is 2.56. The fourth-order valence-electron chi connectivity index (χ4n) is 11.6. The van der Waals surface area contributed by atoms with Crippen LogP contribution in [0.2, 0.25) is 0 Å². The lowest BCUT2D eigenvalue weighted by Gasteiger charge is -2.16. The van der Waals surface area contributed by atoms with Crippen LogP contribution < -0.4 is 0 Å². The normalized spacial score (nSPS) is 12.2. The van der Waals surface area contributed by atoms with Gasteiger partial charge in [0.2, 0.25) is 0 Å². The minimum Gasteiger partial charge on any atom is -0.0622 e. The van der Waals surface area contributed by atoms with E-state index in [1.807, 2.05) is 0 Å². The van der Waals surface area contributed by atoms with Crippen molar-refractivity contribution in [2.75, 3.05) is 0 Å². The molecule has 0 bridgehead atoms. The lowest BCUT2D eigenvalue weighted by molar-refractivity contribution is 1.67. The minimum atomic E-state index is 1.24. The van der Waals surface area contributed by atoms with Crippen LogP contribution in [-0.2, 0) is 0 Å². The summed E-state index contributed by atoms with van der Waals surface area (Å²) in [6.45, 7) is 0. The molecule has 0 radical (unpaired) electrons. The van der Waals surface area contributed by atoms with Crippen LogP contribution in [0, 0.1) is 0 Å². The summed E-state index contributed by atoms with van der Waals surface area (Å²) in [4.78, 5) is 0. The van der Waals surface area contributed by atoms with Gasteiger partial charge in [0.25, 0.3) is 0 Å². The maximum Gasteiger partial charge on any atom is -0.000719 e. The SMILES string of the molecule is c1ccc(-c2c3ccccc3c(-c3ccccc3)c3c4cc5c(cc6c7c(-c8ccccc8)c8ccccc8c(-c8ccccc8)c7c7cccc5c76)c5cccc(c23)c54)cc1. The van der Waals surface area contributed by atoms with Gasteiger partial charge in [0.1, 0.15) is 0 Å². The van der Waals surface area contributed by atoms with Crippen molar-refractivity contribution < 1.29 is 0 Å². The van der Waals surface area contributed by atoms with Gasteiger partial charge in [0.05, 0.1) is 0 Å². The average molecular weight is 781 g/mol. The predicted molar refractivity (Wildman–Crippen MR) is 268 cm³/mol. The van der Waals surface area contributed by atoms with Gasteiger partial charge in [-0.1, -0.05) is 206 Å². The standard InChI is InChI=1S/C62H36/c1-5-19-37(20-6-1)53-41-27-13-15-29-43(41)55(39-23-9-3-10-24-39)61-51-35-49-46-32-18-34-48-58(46)52(36-50(49)45-31-17-33-47(57(45)51)59(53)61)62-56(40-25-11-4-12-26-40)44-30-16-14-28-42(44)54(60(48)62)38-21-7-2-8-22-38/h1-36H. The second kappa shape index (κ2) is 12.7. The second-order valence-electron chi connectivity index (χ2n) is 17.0. The van der Waals surface area contributed by atoms with Crippen LogP contribution in [0.25, 0.3) is 141 Å². The first kappa shape index (κ1) is 33.7. The molecule has 14 aromatic rings.